The van der Waals surface area contributed by atoms with Crippen molar-refractivity contribution in [1.82, 2.24) is 14.2 Å². The number of halogens is 1. The molecule has 38 heavy (non-hydrogen) atoms. The van der Waals surface area contributed by atoms with Crippen molar-refractivity contribution in [3.63, 3.8) is 0 Å². The van der Waals surface area contributed by atoms with Gasteiger partial charge in [0.1, 0.15) is 0 Å². The summed E-state index contributed by atoms with van der Waals surface area (Å²) in [5.74, 6) is 0.490. The first-order chi connectivity index (χ1) is 17.5. The largest absolute Gasteiger partial charge is 0.309 e. The van der Waals surface area contributed by atoms with Crippen LogP contribution < -0.4 is 4.90 Å². The van der Waals surface area contributed by atoms with Crippen LogP contribution >= 0.6 is 23.7 Å². The molecule has 0 spiro atoms. The number of fused-ring (bicyclic) bond motifs is 1. The lowest BCUT2D eigenvalue weighted by atomic mass is 9.94. The number of carbonyl (C=O) groups is 1. The van der Waals surface area contributed by atoms with Crippen LogP contribution in [-0.2, 0) is 10.0 Å². The van der Waals surface area contributed by atoms with Crippen LogP contribution in [0.4, 0.5) is 5.13 Å². The van der Waals surface area contributed by atoms with Gasteiger partial charge in [0.25, 0.3) is 5.91 Å². The summed E-state index contributed by atoms with van der Waals surface area (Å²) in [4.78, 5) is 22.6. The number of hydrogen-bond donors (Lipinski definition) is 0. The first-order valence-electron chi connectivity index (χ1n) is 12.9. The average molecular weight is 579 g/mol. The molecule has 0 N–H and O–H groups in total. The summed E-state index contributed by atoms with van der Waals surface area (Å²) in [7, 11) is 0.426. The van der Waals surface area contributed by atoms with Gasteiger partial charge in [0.2, 0.25) is 10.0 Å². The highest BCUT2D eigenvalue weighted by molar-refractivity contribution is 7.89. The van der Waals surface area contributed by atoms with Crippen LogP contribution in [-0.4, -0.2) is 68.8 Å². The van der Waals surface area contributed by atoms with Gasteiger partial charge in [-0.2, -0.15) is 4.31 Å². The first kappa shape index (κ1) is 30.5. The number of piperidine rings is 1. The molecule has 2 aromatic carbocycles. The zero-order valence-electron chi connectivity index (χ0n) is 23.1. The smallest absolute Gasteiger partial charge is 0.260 e. The maximum atomic E-state index is 13.7. The molecule has 3 aromatic rings. The lowest BCUT2D eigenvalue weighted by Crippen LogP contribution is -2.42. The van der Waals surface area contributed by atoms with Gasteiger partial charge in [0.15, 0.2) is 5.13 Å². The highest BCUT2D eigenvalue weighted by Crippen LogP contribution is 2.33. The van der Waals surface area contributed by atoms with Gasteiger partial charge < -0.3 is 4.90 Å². The Morgan fingerprint density at radius 1 is 1.05 bits per heavy atom. The predicted molar refractivity (Wildman–Crippen MR) is 159 cm³/mol. The molecule has 4 rings (SSSR count). The van der Waals surface area contributed by atoms with Gasteiger partial charge in [-0.05, 0) is 101 Å². The summed E-state index contributed by atoms with van der Waals surface area (Å²) in [6.45, 7) is 10.7. The van der Waals surface area contributed by atoms with E-state index in [2.05, 4.69) is 37.8 Å². The molecule has 0 radical (unpaired) electrons. The van der Waals surface area contributed by atoms with E-state index in [0.717, 1.165) is 35.2 Å². The normalized spacial score (nSPS) is 18.5. The molecule has 0 saturated carbocycles. The molecular formula is C28H39ClN4O3S2. The van der Waals surface area contributed by atoms with Crippen molar-refractivity contribution in [2.45, 2.75) is 45.4 Å². The van der Waals surface area contributed by atoms with Crippen molar-refractivity contribution in [3.05, 3.63) is 53.1 Å². The van der Waals surface area contributed by atoms with Gasteiger partial charge in [0.05, 0.1) is 15.1 Å². The van der Waals surface area contributed by atoms with Crippen LogP contribution in [0, 0.1) is 25.7 Å². The zero-order valence-corrected chi connectivity index (χ0v) is 25.5. The Balaban J connectivity index is 0.00000400. The van der Waals surface area contributed by atoms with Crippen LogP contribution in [0.1, 0.15) is 48.2 Å². The molecular weight excluding hydrogens is 540 g/mol. The lowest BCUT2D eigenvalue weighted by molar-refractivity contribution is 0.0986. The van der Waals surface area contributed by atoms with Crippen molar-refractivity contribution in [1.29, 1.82) is 0 Å². The molecule has 2 atom stereocenters. The molecule has 1 fully saturated rings. The van der Waals surface area contributed by atoms with Gasteiger partial charge in [0, 0.05) is 25.2 Å². The van der Waals surface area contributed by atoms with E-state index in [1.165, 1.54) is 16.9 Å². The fraction of sp³-hybridized carbons (Fsp3) is 0.500. The monoisotopic (exact) mass is 578 g/mol. The topological polar surface area (TPSA) is 73.8 Å². The molecule has 7 nitrogen and oxygen atoms in total. The third kappa shape index (κ3) is 6.74. The molecule has 0 bridgehead atoms. The van der Waals surface area contributed by atoms with Gasteiger partial charge in [-0.3, -0.25) is 9.69 Å². The van der Waals surface area contributed by atoms with Gasteiger partial charge in [-0.25, -0.2) is 13.4 Å². The molecule has 2 unspecified atom stereocenters. The molecule has 10 heteroatoms. The standard InChI is InChI=1S/C28H38N4O3S2.ClH/c1-19-15-22(4)26-25(16-19)36-28(29-26)32(13-7-12-30(5)6)27(33)23-8-10-24(11-9-23)37(34,35)31-17-20(2)14-21(3)18-31;/h8-11,15-16,20-21H,7,12-14,17-18H2,1-6H3;1H. The summed E-state index contributed by atoms with van der Waals surface area (Å²) in [6.07, 6.45) is 1.83. The molecule has 0 aliphatic carbocycles. The Morgan fingerprint density at radius 2 is 1.68 bits per heavy atom. The Morgan fingerprint density at radius 3 is 2.29 bits per heavy atom. The Kier molecular flexibility index (Phi) is 9.97. The number of aryl methyl sites for hydroxylation is 2. The van der Waals surface area contributed by atoms with Crippen molar-refractivity contribution >= 4 is 55.0 Å². The van der Waals surface area contributed by atoms with E-state index in [1.807, 2.05) is 21.0 Å². The molecule has 1 aromatic heterocycles. The molecule has 2 heterocycles. The fourth-order valence-corrected chi connectivity index (χ4v) is 8.03. The van der Waals surface area contributed by atoms with E-state index in [1.54, 1.807) is 33.5 Å². The van der Waals surface area contributed by atoms with Crippen molar-refractivity contribution in [2.24, 2.45) is 11.8 Å². The van der Waals surface area contributed by atoms with Crippen LogP contribution in [0.5, 0.6) is 0 Å². The zero-order chi connectivity index (χ0) is 26.9. The number of nitrogens with zero attached hydrogens (tertiary/aromatic N) is 4. The summed E-state index contributed by atoms with van der Waals surface area (Å²) < 4.78 is 29.2. The quantitative estimate of drug-likeness (QED) is 0.348. The van der Waals surface area contributed by atoms with Crippen LogP contribution in [0.3, 0.4) is 0 Å². The van der Waals surface area contributed by atoms with Crippen molar-refractivity contribution in [3.8, 4) is 0 Å². The summed E-state index contributed by atoms with van der Waals surface area (Å²) in [5, 5.41) is 0.667. The van der Waals surface area contributed by atoms with E-state index in [9.17, 15) is 13.2 Å². The third-order valence-electron chi connectivity index (χ3n) is 6.86. The van der Waals surface area contributed by atoms with Gasteiger partial charge >= 0.3 is 0 Å². The summed E-state index contributed by atoms with van der Waals surface area (Å²) >= 11 is 1.52. The number of anilines is 1. The minimum absolute atomic E-state index is 0. The number of thiazole rings is 1. The third-order valence-corrected chi connectivity index (χ3v) is 9.73. The molecule has 1 aliphatic heterocycles. The average Bonchev–Trinajstić information content (AvgIpc) is 3.25. The highest BCUT2D eigenvalue weighted by atomic mass is 35.5. The van der Waals surface area contributed by atoms with Gasteiger partial charge in [-0.15, -0.1) is 12.4 Å². The van der Waals surface area contributed by atoms with Crippen LogP contribution in [0.15, 0.2) is 41.3 Å². The molecule has 208 valence electrons. The second-order valence-corrected chi connectivity index (χ2v) is 13.8. The number of hydrogen-bond acceptors (Lipinski definition) is 6. The number of amides is 1. The maximum Gasteiger partial charge on any atom is 0.260 e. The predicted octanol–water partition coefficient (Wildman–Crippen LogP) is 5.60. The molecule has 1 amide bonds. The number of aromatic nitrogens is 1. The Labute approximate surface area is 237 Å². The number of rotatable bonds is 8. The van der Waals surface area contributed by atoms with E-state index in [4.69, 9.17) is 4.98 Å². The SMILES string of the molecule is Cc1cc(C)c2nc(N(CCCN(C)C)C(=O)c3ccc(S(=O)(=O)N4CC(C)CC(C)C4)cc3)sc2c1.Cl. The Hall–Kier alpha value is -2.04. The number of carbonyl (C=O) groups excluding carboxylic acids is 1. The second-order valence-electron chi connectivity index (χ2n) is 10.8. The molecule has 1 aliphatic rings. The van der Waals surface area contributed by atoms with Crippen LogP contribution in [0.25, 0.3) is 10.2 Å². The van der Waals surface area contributed by atoms with Crippen molar-refractivity contribution in [2.75, 3.05) is 45.2 Å². The number of sulfonamides is 1. The van der Waals surface area contributed by atoms with Gasteiger partial charge in [-0.1, -0.05) is 31.3 Å². The van der Waals surface area contributed by atoms with Crippen molar-refractivity contribution < 1.29 is 13.2 Å². The van der Waals surface area contributed by atoms with Crippen LogP contribution in [0.2, 0.25) is 0 Å². The fourth-order valence-electron chi connectivity index (χ4n) is 5.18. The lowest BCUT2D eigenvalue weighted by Gasteiger charge is -2.34. The highest BCUT2D eigenvalue weighted by Gasteiger charge is 2.32. The summed E-state index contributed by atoms with van der Waals surface area (Å²) in [6, 6.07) is 10.6. The first-order valence-corrected chi connectivity index (χ1v) is 15.2. The minimum atomic E-state index is -3.60. The summed E-state index contributed by atoms with van der Waals surface area (Å²) in [5.41, 5.74) is 3.63. The van der Waals surface area contributed by atoms with E-state index in [-0.39, 0.29) is 23.2 Å². The maximum absolute atomic E-state index is 13.7. The van der Waals surface area contributed by atoms with E-state index < -0.39 is 10.0 Å². The minimum Gasteiger partial charge on any atom is -0.309 e. The Bertz CT molecular complexity index is 1360. The molecule has 1 saturated heterocycles. The second kappa shape index (κ2) is 12.4. The van der Waals surface area contributed by atoms with E-state index >= 15 is 0 Å². The number of benzene rings is 2. The van der Waals surface area contributed by atoms with E-state index in [0.29, 0.717) is 42.2 Å².